The lowest BCUT2D eigenvalue weighted by Gasteiger charge is -2.12. The van der Waals surface area contributed by atoms with E-state index in [0.29, 0.717) is 17.9 Å². The van der Waals surface area contributed by atoms with Gasteiger partial charge in [0.05, 0.1) is 5.02 Å². The third-order valence-electron chi connectivity index (χ3n) is 2.92. The minimum atomic E-state index is -1.03. The van der Waals surface area contributed by atoms with Crippen molar-refractivity contribution >= 4 is 11.6 Å². The summed E-state index contributed by atoms with van der Waals surface area (Å²) in [5.74, 6) is -1.83. The Morgan fingerprint density at radius 1 is 1.44 bits per heavy atom. The van der Waals surface area contributed by atoms with Crippen molar-refractivity contribution in [3.63, 3.8) is 0 Å². The summed E-state index contributed by atoms with van der Waals surface area (Å²) in [6.07, 6.45) is 1.56. The molecule has 5 heteroatoms. The fourth-order valence-electron chi connectivity index (χ4n) is 2.00. The SMILES string of the molecule is Oc1c(Cl)cc(CC2CCNC2)c(O)c1F. The summed E-state index contributed by atoms with van der Waals surface area (Å²) in [5.41, 5.74) is 0.453. The summed E-state index contributed by atoms with van der Waals surface area (Å²) in [5, 5.41) is 21.9. The van der Waals surface area contributed by atoms with Gasteiger partial charge in [0.2, 0.25) is 5.82 Å². The maximum Gasteiger partial charge on any atom is 0.208 e. The lowest BCUT2D eigenvalue weighted by molar-refractivity contribution is 0.382. The molecule has 0 aromatic heterocycles. The van der Waals surface area contributed by atoms with Crippen LogP contribution in [0.5, 0.6) is 11.5 Å². The van der Waals surface area contributed by atoms with E-state index in [-0.39, 0.29) is 5.02 Å². The molecule has 88 valence electrons. The van der Waals surface area contributed by atoms with Crippen molar-refractivity contribution in [1.29, 1.82) is 0 Å². The van der Waals surface area contributed by atoms with Gasteiger partial charge in [-0.25, -0.2) is 0 Å². The van der Waals surface area contributed by atoms with Crippen molar-refractivity contribution in [2.24, 2.45) is 5.92 Å². The van der Waals surface area contributed by atoms with Crippen LogP contribution in [0, 0.1) is 11.7 Å². The van der Waals surface area contributed by atoms with Crippen LogP contribution in [0.15, 0.2) is 6.07 Å². The van der Waals surface area contributed by atoms with Crippen LogP contribution in [0.3, 0.4) is 0 Å². The number of hydrogen-bond acceptors (Lipinski definition) is 3. The van der Waals surface area contributed by atoms with Crippen LogP contribution >= 0.6 is 11.6 Å². The van der Waals surface area contributed by atoms with Crippen molar-refractivity contribution in [2.75, 3.05) is 13.1 Å². The van der Waals surface area contributed by atoms with Gasteiger partial charge in [-0.3, -0.25) is 0 Å². The highest BCUT2D eigenvalue weighted by molar-refractivity contribution is 6.32. The molecular weight excluding hydrogens is 233 g/mol. The fourth-order valence-corrected chi connectivity index (χ4v) is 2.22. The molecule has 0 amide bonds. The van der Waals surface area contributed by atoms with Crippen molar-refractivity contribution in [1.82, 2.24) is 5.32 Å². The molecule has 16 heavy (non-hydrogen) atoms. The number of phenolic OH excluding ortho intramolecular Hbond substituents is 2. The van der Waals surface area contributed by atoms with Crippen LogP contribution < -0.4 is 5.32 Å². The Morgan fingerprint density at radius 2 is 2.19 bits per heavy atom. The summed E-state index contributed by atoms with van der Waals surface area (Å²) >= 11 is 5.66. The van der Waals surface area contributed by atoms with Gasteiger partial charge < -0.3 is 15.5 Å². The van der Waals surface area contributed by atoms with Crippen LogP contribution in [0.4, 0.5) is 4.39 Å². The average Bonchev–Trinajstić information content (AvgIpc) is 2.76. The summed E-state index contributed by atoms with van der Waals surface area (Å²) in [6, 6.07) is 1.42. The van der Waals surface area contributed by atoms with Crippen molar-refractivity contribution in [3.05, 3.63) is 22.5 Å². The molecule has 1 aromatic rings. The molecule has 1 aliphatic heterocycles. The zero-order valence-electron chi connectivity index (χ0n) is 8.63. The molecule has 0 saturated carbocycles. The van der Waals surface area contributed by atoms with Gasteiger partial charge in [0.15, 0.2) is 11.5 Å². The number of rotatable bonds is 2. The number of nitrogens with one attached hydrogen (secondary N) is 1. The van der Waals surface area contributed by atoms with Crippen molar-refractivity contribution in [2.45, 2.75) is 12.8 Å². The van der Waals surface area contributed by atoms with Gasteiger partial charge in [0, 0.05) is 0 Å². The maximum atomic E-state index is 13.3. The second-order valence-electron chi connectivity index (χ2n) is 4.09. The Bertz CT molecular complexity index is 405. The van der Waals surface area contributed by atoms with Gasteiger partial charge >= 0.3 is 0 Å². The molecule has 0 aliphatic carbocycles. The number of hydrogen-bond donors (Lipinski definition) is 3. The lowest BCUT2D eigenvalue weighted by Crippen LogP contribution is -2.11. The van der Waals surface area contributed by atoms with Crippen LogP contribution in [0.25, 0.3) is 0 Å². The van der Waals surface area contributed by atoms with Gasteiger partial charge in [-0.1, -0.05) is 11.6 Å². The predicted octanol–water partition coefficient (Wildman–Crippen LogP) is 2.04. The molecule has 1 unspecified atom stereocenters. The Morgan fingerprint density at radius 3 is 2.81 bits per heavy atom. The summed E-state index contributed by atoms with van der Waals surface area (Å²) in [7, 11) is 0. The second kappa shape index (κ2) is 4.47. The highest BCUT2D eigenvalue weighted by Crippen LogP contribution is 2.36. The fraction of sp³-hybridized carbons (Fsp3) is 0.455. The first-order chi connectivity index (χ1) is 7.59. The standard InChI is InChI=1S/C11H13ClFNO2/c12-8-4-7(3-6-1-2-14-5-6)10(15)9(13)11(8)16/h4,6,14-16H,1-3,5H2. The monoisotopic (exact) mass is 245 g/mol. The van der Waals surface area contributed by atoms with Gasteiger partial charge in [0.25, 0.3) is 0 Å². The molecular formula is C11H13ClFNO2. The quantitative estimate of drug-likeness (QED) is 0.748. The molecule has 3 N–H and O–H groups in total. The first-order valence-corrected chi connectivity index (χ1v) is 5.57. The zero-order valence-corrected chi connectivity index (χ0v) is 9.39. The van der Waals surface area contributed by atoms with Gasteiger partial charge in [-0.15, -0.1) is 0 Å². The van der Waals surface area contributed by atoms with Crippen LogP contribution in [0.1, 0.15) is 12.0 Å². The minimum absolute atomic E-state index is 0.0590. The molecule has 0 spiro atoms. The molecule has 3 nitrogen and oxygen atoms in total. The topological polar surface area (TPSA) is 52.5 Å². The Labute approximate surface area is 97.9 Å². The molecule has 1 aliphatic rings. The zero-order chi connectivity index (χ0) is 11.7. The minimum Gasteiger partial charge on any atom is -0.505 e. The molecule has 1 aromatic carbocycles. The van der Waals surface area contributed by atoms with Gasteiger partial charge in [0.1, 0.15) is 0 Å². The van der Waals surface area contributed by atoms with E-state index < -0.39 is 17.3 Å². The van der Waals surface area contributed by atoms with E-state index in [1.54, 1.807) is 0 Å². The van der Waals surface area contributed by atoms with E-state index in [1.807, 2.05) is 0 Å². The Kier molecular flexibility index (Phi) is 3.21. The largest absolute Gasteiger partial charge is 0.505 e. The molecule has 0 bridgehead atoms. The molecule has 1 heterocycles. The molecule has 0 radical (unpaired) electrons. The van der Waals surface area contributed by atoms with E-state index in [0.717, 1.165) is 19.5 Å². The molecule has 1 fully saturated rings. The smallest absolute Gasteiger partial charge is 0.208 e. The summed E-state index contributed by atoms with van der Waals surface area (Å²) in [6.45, 7) is 1.80. The molecule has 2 rings (SSSR count). The second-order valence-corrected chi connectivity index (χ2v) is 4.50. The van der Waals surface area contributed by atoms with E-state index >= 15 is 0 Å². The number of benzene rings is 1. The Balaban J connectivity index is 2.26. The highest BCUT2D eigenvalue weighted by Gasteiger charge is 2.21. The van der Waals surface area contributed by atoms with E-state index in [9.17, 15) is 14.6 Å². The third kappa shape index (κ3) is 2.08. The first-order valence-electron chi connectivity index (χ1n) is 5.19. The van der Waals surface area contributed by atoms with Crippen LogP contribution in [-0.2, 0) is 6.42 Å². The maximum absolute atomic E-state index is 13.3. The number of phenols is 2. The molecule has 1 saturated heterocycles. The van der Waals surface area contributed by atoms with Crippen LogP contribution in [-0.4, -0.2) is 23.3 Å². The predicted molar refractivity (Wildman–Crippen MR) is 59.4 cm³/mol. The third-order valence-corrected chi connectivity index (χ3v) is 3.21. The average molecular weight is 246 g/mol. The highest BCUT2D eigenvalue weighted by atomic mass is 35.5. The first kappa shape index (κ1) is 11.5. The van der Waals surface area contributed by atoms with E-state index in [2.05, 4.69) is 5.32 Å². The van der Waals surface area contributed by atoms with Crippen LogP contribution in [0.2, 0.25) is 5.02 Å². The van der Waals surface area contributed by atoms with Crippen molar-refractivity contribution in [3.8, 4) is 11.5 Å². The Hall–Kier alpha value is -1.00. The summed E-state index contributed by atoms with van der Waals surface area (Å²) in [4.78, 5) is 0. The number of halogens is 2. The summed E-state index contributed by atoms with van der Waals surface area (Å²) < 4.78 is 13.3. The van der Waals surface area contributed by atoms with Crippen molar-refractivity contribution < 1.29 is 14.6 Å². The molecule has 1 atom stereocenters. The van der Waals surface area contributed by atoms with E-state index in [4.69, 9.17) is 11.6 Å². The number of aromatic hydroxyl groups is 2. The van der Waals surface area contributed by atoms with Gasteiger partial charge in [-0.05, 0) is 43.5 Å². The van der Waals surface area contributed by atoms with Gasteiger partial charge in [-0.2, -0.15) is 4.39 Å². The normalized spacial score (nSPS) is 20.2. The van der Waals surface area contributed by atoms with E-state index in [1.165, 1.54) is 6.07 Å². The lowest BCUT2D eigenvalue weighted by atomic mass is 9.97.